The van der Waals surface area contributed by atoms with Crippen LogP contribution in [0.2, 0.25) is 0 Å². The number of hydrogen-bond donors (Lipinski definition) is 0. The van der Waals surface area contributed by atoms with E-state index in [4.69, 9.17) is 0 Å². The van der Waals surface area contributed by atoms with Gasteiger partial charge in [0.2, 0.25) is 0 Å². The van der Waals surface area contributed by atoms with E-state index in [0.717, 1.165) is 5.56 Å². The first-order chi connectivity index (χ1) is 7.66. The zero-order valence-corrected chi connectivity index (χ0v) is 9.44. The van der Waals surface area contributed by atoms with Gasteiger partial charge in [0.05, 0.1) is 5.69 Å². The van der Waals surface area contributed by atoms with Crippen LogP contribution in [0.25, 0.3) is 11.3 Å². The maximum atomic E-state index is 13.1. The minimum Gasteiger partial charge on any atom is -0.256 e. The highest BCUT2D eigenvalue weighted by Gasteiger charge is 2.04. The topological polar surface area (TPSA) is 12.9 Å². The van der Waals surface area contributed by atoms with E-state index in [2.05, 4.69) is 31.0 Å². The number of aromatic nitrogens is 1. The Bertz CT molecular complexity index is 492. The molecule has 0 N–H and O–H groups in total. The summed E-state index contributed by atoms with van der Waals surface area (Å²) in [4.78, 5) is 4.17. The highest BCUT2D eigenvalue weighted by atomic mass is 19.1. The van der Waals surface area contributed by atoms with Crippen LogP contribution in [0.3, 0.4) is 0 Å². The molecule has 16 heavy (non-hydrogen) atoms. The second kappa shape index (κ2) is 4.44. The normalized spacial score (nSPS) is 10.8. The average molecular weight is 215 g/mol. The van der Waals surface area contributed by atoms with Crippen molar-refractivity contribution in [3.05, 3.63) is 54.0 Å². The van der Waals surface area contributed by atoms with Crippen molar-refractivity contribution in [1.82, 2.24) is 4.98 Å². The molecule has 0 aliphatic rings. The van der Waals surface area contributed by atoms with Crippen molar-refractivity contribution in [2.24, 2.45) is 0 Å². The van der Waals surface area contributed by atoms with Gasteiger partial charge in [-0.25, -0.2) is 4.39 Å². The Hall–Kier alpha value is -1.70. The molecule has 0 saturated heterocycles. The molecule has 0 fully saturated rings. The second-order valence-electron chi connectivity index (χ2n) is 4.14. The third-order valence-electron chi connectivity index (χ3n) is 2.57. The molecule has 0 atom stereocenters. The molecule has 0 radical (unpaired) electrons. The molecule has 82 valence electrons. The maximum absolute atomic E-state index is 13.1. The van der Waals surface area contributed by atoms with Crippen molar-refractivity contribution in [1.29, 1.82) is 0 Å². The zero-order valence-electron chi connectivity index (χ0n) is 9.44. The Morgan fingerprint density at radius 2 is 1.94 bits per heavy atom. The highest BCUT2D eigenvalue weighted by Crippen LogP contribution is 2.22. The van der Waals surface area contributed by atoms with E-state index >= 15 is 0 Å². The van der Waals surface area contributed by atoms with Crippen LogP contribution in [0.1, 0.15) is 25.3 Å². The largest absolute Gasteiger partial charge is 0.256 e. The third kappa shape index (κ3) is 2.27. The lowest BCUT2D eigenvalue weighted by Crippen LogP contribution is -1.89. The van der Waals surface area contributed by atoms with E-state index in [1.165, 1.54) is 23.9 Å². The molecule has 1 nitrogen and oxygen atoms in total. The Kier molecular flexibility index (Phi) is 3.00. The summed E-state index contributed by atoms with van der Waals surface area (Å²) >= 11 is 0. The van der Waals surface area contributed by atoms with E-state index in [9.17, 15) is 4.39 Å². The predicted octanol–water partition coefficient (Wildman–Crippen LogP) is 4.01. The summed E-state index contributed by atoms with van der Waals surface area (Å²) in [6, 6.07) is 10.9. The molecule has 0 amide bonds. The highest BCUT2D eigenvalue weighted by molar-refractivity contribution is 5.60. The van der Waals surface area contributed by atoms with Gasteiger partial charge in [-0.2, -0.15) is 0 Å². The molecule has 0 aliphatic heterocycles. The third-order valence-corrected chi connectivity index (χ3v) is 2.57. The maximum Gasteiger partial charge on any atom is 0.126 e. The van der Waals surface area contributed by atoms with E-state index in [1.54, 1.807) is 0 Å². The molecule has 1 aromatic carbocycles. The first-order valence-electron chi connectivity index (χ1n) is 5.38. The van der Waals surface area contributed by atoms with Crippen molar-refractivity contribution < 1.29 is 4.39 Å². The Labute approximate surface area is 95.0 Å². The number of nitrogens with zero attached hydrogens (tertiary/aromatic N) is 1. The van der Waals surface area contributed by atoms with Crippen LogP contribution < -0.4 is 0 Å². The number of halogens is 1. The molecule has 2 heteroatoms. The van der Waals surface area contributed by atoms with Crippen molar-refractivity contribution in [2.75, 3.05) is 0 Å². The predicted molar refractivity (Wildman–Crippen MR) is 63.7 cm³/mol. The van der Waals surface area contributed by atoms with Gasteiger partial charge in [-0.15, -0.1) is 0 Å². The van der Waals surface area contributed by atoms with Gasteiger partial charge in [-0.1, -0.05) is 32.0 Å². The summed E-state index contributed by atoms with van der Waals surface area (Å²) in [6.07, 6.45) is 1.49. The summed E-state index contributed by atoms with van der Waals surface area (Å²) < 4.78 is 13.1. The van der Waals surface area contributed by atoms with E-state index in [1.807, 2.05) is 12.1 Å². The Morgan fingerprint density at radius 1 is 1.12 bits per heavy atom. The minimum absolute atomic E-state index is 0.250. The van der Waals surface area contributed by atoms with E-state index in [0.29, 0.717) is 11.6 Å². The number of rotatable bonds is 2. The van der Waals surface area contributed by atoms with Gasteiger partial charge >= 0.3 is 0 Å². The molecule has 0 spiro atoms. The van der Waals surface area contributed by atoms with Crippen molar-refractivity contribution in [3.63, 3.8) is 0 Å². The lowest BCUT2D eigenvalue weighted by atomic mass is 9.99. The standard InChI is InChI=1S/C14H14FN/c1-10(2)11-4-3-5-12(8-11)14-9-13(15)6-7-16-14/h3-10H,1-2H3. The number of benzene rings is 1. The van der Waals surface area contributed by atoms with Gasteiger partial charge in [0, 0.05) is 17.8 Å². The van der Waals surface area contributed by atoms with Crippen molar-refractivity contribution >= 4 is 0 Å². The summed E-state index contributed by atoms with van der Waals surface area (Å²) in [5.74, 6) is 0.216. The SMILES string of the molecule is CC(C)c1cccc(-c2cc(F)ccn2)c1. The molecule has 1 heterocycles. The number of pyridine rings is 1. The van der Waals surface area contributed by atoms with Crippen LogP contribution in [0.15, 0.2) is 42.6 Å². The average Bonchev–Trinajstić information content (AvgIpc) is 2.29. The van der Waals surface area contributed by atoms with Gasteiger partial charge < -0.3 is 0 Å². The summed E-state index contributed by atoms with van der Waals surface area (Å²) in [5.41, 5.74) is 2.89. The summed E-state index contributed by atoms with van der Waals surface area (Å²) in [7, 11) is 0. The lowest BCUT2D eigenvalue weighted by Gasteiger charge is -2.07. The summed E-state index contributed by atoms with van der Waals surface area (Å²) in [5, 5.41) is 0. The smallest absolute Gasteiger partial charge is 0.126 e. The van der Waals surface area contributed by atoms with Gasteiger partial charge in [0.15, 0.2) is 0 Å². The molecule has 0 aliphatic carbocycles. The van der Waals surface area contributed by atoms with Gasteiger partial charge in [0.25, 0.3) is 0 Å². The first-order valence-corrected chi connectivity index (χ1v) is 5.38. The van der Waals surface area contributed by atoms with E-state index in [-0.39, 0.29) is 5.82 Å². The number of hydrogen-bond acceptors (Lipinski definition) is 1. The van der Waals surface area contributed by atoms with Crippen molar-refractivity contribution in [2.45, 2.75) is 19.8 Å². The van der Waals surface area contributed by atoms with Crippen molar-refractivity contribution in [3.8, 4) is 11.3 Å². The molecule has 0 saturated carbocycles. The molecule has 0 unspecified atom stereocenters. The Balaban J connectivity index is 2.44. The van der Waals surface area contributed by atoms with Gasteiger partial charge in [-0.3, -0.25) is 4.98 Å². The quantitative estimate of drug-likeness (QED) is 0.737. The van der Waals surface area contributed by atoms with Gasteiger partial charge in [0.1, 0.15) is 5.82 Å². The second-order valence-corrected chi connectivity index (χ2v) is 4.14. The van der Waals surface area contributed by atoms with Crippen LogP contribution in [0.4, 0.5) is 4.39 Å². The van der Waals surface area contributed by atoms with Crippen LogP contribution in [-0.2, 0) is 0 Å². The monoisotopic (exact) mass is 215 g/mol. The fourth-order valence-corrected chi connectivity index (χ4v) is 1.62. The molecular weight excluding hydrogens is 201 g/mol. The molecule has 1 aromatic heterocycles. The van der Waals surface area contributed by atoms with Crippen LogP contribution in [-0.4, -0.2) is 4.98 Å². The lowest BCUT2D eigenvalue weighted by molar-refractivity contribution is 0.626. The van der Waals surface area contributed by atoms with Crippen LogP contribution >= 0.6 is 0 Å². The Morgan fingerprint density at radius 3 is 2.62 bits per heavy atom. The first kappa shape index (κ1) is 10.8. The van der Waals surface area contributed by atoms with Crippen LogP contribution in [0.5, 0.6) is 0 Å². The summed E-state index contributed by atoms with van der Waals surface area (Å²) in [6.45, 7) is 4.27. The molecule has 2 aromatic rings. The van der Waals surface area contributed by atoms with Gasteiger partial charge in [-0.05, 0) is 23.6 Å². The van der Waals surface area contributed by atoms with E-state index < -0.39 is 0 Å². The zero-order chi connectivity index (χ0) is 11.5. The fraction of sp³-hybridized carbons (Fsp3) is 0.214. The molecule has 0 bridgehead atoms. The molecular formula is C14H14FN. The molecule has 2 rings (SSSR count). The fourth-order valence-electron chi connectivity index (χ4n) is 1.62. The van der Waals surface area contributed by atoms with Crippen LogP contribution in [0, 0.1) is 5.82 Å². The minimum atomic E-state index is -0.250.